The number of hydrogen-bond acceptors (Lipinski definition) is 4. The third-order valence-electron chi connectivity index (χ3n) is 6.25. The number of nitrogens with one attached hydrogen (secondary N) is 1. The van der Waals surface area contributed by atoms with Crippen LogP contribution in [-0.4, -0.2) is 27.2 Å². The molecule has 176 valence electrons. The Bertz CT molecular complexity index is 1140. The smallest absolute Gasteiger partial charge is 0.387 e. The number of carboxylic acid groups (broad SMARTS) is 1. The van der Waals surface area contributed by atoms with Gasteiger partial charge in [0.2, 0.25) is 5.95 Å². The number of rotatable bonds is 7. The van der Waals surface area contributed by atoms with Crippen LogP contribution in [-0.2, 0) is 6.54 Å². The fraction of sp³-hybridized carbons (Fsp3) is 0.440. The predicted molar refractivity (Wildman–Crippen MR) is 123 cm³/mol. The summed E-state index contributed by atoms with van der Waals surface area (Å²) in [7, 11) is 0. The van der Waals surface area contributed by atoms with Gasteiger partial charge in [-0.15, -0.1) is 0 Å². The third kappa shape index (κ3) is 5.43. The molecule has 0 aliphatic heterocycles. The zero-order valence-corrected chi connectivity index (χ0v) is 19.0. The van der Waals surface area contributed by atoms with Crippen LogP contribution in [0.3, 0.4) is 0 Å². The highest BCUT2D eigenvalue weighted by atomic mass is 19.3. The maximum absolute atomic E-state index is 12.4. The molecule has 6 nitrogen and oxygen atoms in total. The highest BCUT2D eigenvalue weighted by molar-refractivity contribution is 5.93. The lowest BCUT2D eigenvalue weighted by atomic mass is 9.68. The first-order valence-electron chi connectivity index (χ1n) is 11.1. The van der Waals surface area contributed by atoms with Gasteiger partial charge in [-0.05, 0) is 79.0 Å². The fourth-order valence-electron chi connectivity index (χ4n) is 5.33. The first-order valence-corrected chi connectivity index (χ1v) is 11.1. The van der Waals surface area contributed by atoms with Gasteiger partial charge < -0.3 is 19.7 Å². The standard InChI is InChI=1S/C25H29F2N3O3/c1-15-10-16(13-25(2,3)12-15)14-30-21-9-4-17(22(31)32)11-20(21)29-24(30)28-18-5-7-19(8-6-18)33-23(26)27/h4-9,11,15-16,23H,10,12-14H2,1-3H3,(H,28,29)(H,31,32)/t15-,16+/m0/s1. The molecule has 0 saturated heterocycles. The Kier molecular flexibility index (Phi) is 6.28. The fourth-order valence-corrected chi connectivity index (χ4v) is 5.33. The van der Waals surface area contributed by atoms with E-state index in [-0.39, 0.29) is 16.7 Å². The number of imidazole rings is 1. The minimum atomic E-state index is -2.88. The molecule has 2 aromatic carbocycles. The number of aromatic carboxylic acids is 1. The topological polar surface area (TPSA) is 76.4 Å². The van der Waals surface area contributed by atoms with Crippen LogP contribution < -0.4 is 10.1 Å². The molecule has 0 unspecified atom stereocenters. The van der Waals surface area contributed by atoms with Crippen LogP contribution >= 0.6 is 0 Å². The van der Waals surface area contributed by atoms with E-state index >= 15 is 0 Å². The molecule has 4 rings (SSSR count). The molecule has 1 fully saturated rings. The molecule has 1 heterocycles. The summed E-state index contributed by atoms with van der Waals surface area (Å²) in [6, 6.07) is 11.2. The molecule has 2 N–H and O–H groups in total. The van der Waals surface area contributed by atoms with E-state index in [0.717, 1.165) is 24.9 Å². The van der Waals surface area contributed by atoms with Crippen molar-refractivity contribution in [3.8, 4) is 5.75 Å². The summed E-state index contributed by atoms with van der Waals surface area (Å²) >= 11 is 0. The molecule has 1 aliphatic rings. The van der Waals surface area contributed by atoms with Gasteiger partial charge in [-0.2, -0.15) is 8.78 Å². The van der Waals surface area contributed by atoms with Gasteiger partial charge in [-0.3, -0.25) is 0 Å². The van der Waals surface area contributed by atoms with Crippen molar-refractivity contribution < 1.29 is 23.4 Å². The second-order valence-corrected chi connectivity index (χ2v) is 9.86. The van der Waals surface area contributed by atoms with Crippen molar-refractivity contribution in [3.05, 3.63) is 48.0 Å². The van der Waals surface area contributed by atoms with Crippen LogP contribution in [0.2, 0.25) is 0 Å². The molecule has 0 bridgehead atoms. The largest absolute Gasteiger partial charge is 0.478 e. The summed E-state index contributed by atoms with van der Waals surface area (Å²) in [5, 5.41) is 12.7. The van der Waals surface area contributed by atoms with Gasteiger partial charge in [-0.1, -0.05) is 20.8 Å². The first-order chi connectivity index (χ1) is 15.6. The van der Waals surface area contributed by atoms with E-state index in [0.29, 0.717) is 29.0 Å². The molecule has 2 atom stereocenters. The zero-order chi connectivity index (χ0) is 23.8. The number of alkyl halides is 2. The van der Waals surface area contributed by atoms with E-state index in [2.05, 4.69) is 40.4 Å². The number of benzene rings is 2. The molecular formula is C25H29F2N3O3. The van der Waals surface area contributed by atoms with Crippen molar-refractivity contribution in [1.29, 1.82) is 0 Å². The Morgan fingerprint density at radius 2 is 1.97 bits per heavy atom. The monoisotopic (exact) mass is 457 g/mol. The molecule has 0 radical (unpaired) electrons. The Labute approximate surface area is 191 Å². The second kappa shape index (κ2) is 9.00. The van der Waals surface area contributed by atoms with Gasteiger partial charge in [0, 0.05) is 12.2 Å². The van der Waals surface area contributed by atoms with Crippen molar-refractivity contribution in [2.75, 3.05) is 5.32 Å². The number of carboxylic acids is 1. The molecule has 1 aliphatic carbocycles. The maximum atomic E-state index is 12.4. The lowest BCUT2D eigenvalue weighted by Gasteiger charge is -2.39. The SMILES string of the molecule is C[C@H]1C[C@@H](Cn2c(Nc3ccc(OC(F)F)cc3)nc3cc(C(=O)O)ccc32)CC(C)(C)C1. The number of anilines is 2. The van der Waals surface area contributed by atoms with Gasteiger partial charge in [-0.25, -0.2) is 9.78 Å². The molecule has 3 aromatic rings. The molecule has 0 spiro atoms. The van der Waals surface area contributed by atoms with Gasteiger partial charge >= 0.3 is 12.6 Å². The number of carbonyl (C=O) groups is 1. The van der Waals surface area contributed by atoms with Crippen molar-refractivity contribution in [1.82, 2.24) is 9.55 Å². The Morgan fingerprint density at radius 1 is 1.24 bits per heavy atom. The summed E-state index contributed by atoms with van der Waals surface area (Å²) < 4.78 is 31.4. The molecule has 1 aromatic heterocycles. The van der Waals surface area contributed by atoms with Crippen molar-refractivity contribution in [2.24, 2.45) is 17.3 Å². The predicted octanol–water partition coefficient (Wildman–Crippen LogP) is 6.54. The van der Waals surface area contributed by atoms with Crippen LogP contribution in [0.4, 0.5) is 20.4 Å². The number of aromatic nitrogens is 2. The van der Waals surface area contributed by atoms with Crippen molar-refractivity contribution in [2.45, 2.75) is 53.2 Å². The van der Waals surface area contributed by atoms with E-state index in [1.165, 1.54) is 18.6 Å². The summed E-state index contributed by atoms with van der Waals surface area (Å²) in [5.74, 6) is 0.756. The summed E-state index contributed by atoms with van der Waals surface area (Å²) in [5.41, 5.74) is 2.57. The van der Waals surface area contributed by atoms with E-state index in [9.17, 15) is 18.7 Å². The number of ether oxygens (including phenoxy) is 1. The Hall–Kier alpha value is -3.16. The van der Waals surface area contributed by atoms with Gasteiger partial charge in [0.15, 0.2) is 0 Å². The summed E-state index contributed by atoms with van der Waals surface area (Å²) in [6.45, 7) is 4.79. The molecule has 8 heteroatoms. The van der Waals surface area contributed by atoms with Gasteiger partial charge in [0.1, 0.15) is 5.75 Å². The number of fused-ring (bicyclic) bond motifs is 1. The van der Waals surface area contributed by atoms with E-state index < -0.39 is 12.6 Å². The average Bonchev–Trinajstić information content (AvgIpc) is 3.03. The minimum Gasteiger partial charge on any atom is -0.478 e. The van der Waals surface area contributed by atoms with E-state index in [1.807, 2.05) is 0 Å². The molecule has 1 saturated carbocycles. The minimum absolute atomic E-state index is 0.0774. The lowest BCUT2D eigenvalue weighted by molar-refractivity contribution is -0.0498. The van der Waals surface area contributed by atoms with Crippen molar-refractivity contribution >= 4 is 28.6 Å². The Morgan fingerprint density at radius 3 is 2.61 bits per heavy atom. The normalized spacial score (nSPS) is 20.2. The number of nitrogens with zero attached hydrogens (tertiary/aromatic N) is 2. The highest BCUT2D eigenvalue weighted by Gasteiger charge is 2.32. The second-order valence-electron chi connectivity index (χ2n) is 9.86. The lowest BCUT2D eigenvalue weighted by Crippen LogP contribution is -2.30. The van der Waals surface area contributed by atoms with Crippen LogP contribution in [0.15, 0.2) is 42.5 Å². The third-order valence-corrected chi connectivity index (χ3v) is 6.25. The van der Waals surface area contributed by atoms with E-state index in [4.69, 9.17) is 0 Å². The molecular weight excluding hydrogens is 428 g/mol. The van der Waals surface area contributed by atoms with Crippen LogP contribution in [0.5, 0.6) is 5.75 Å². The Balaban J connectivity index is 1.67. The highest BCUT2D eigenvalue weighted by Crippen LogP contribution is 2.43. The number of halogens is 2. The van der Waals surface area contributed by atoms with Gasteiger partial charge in [0.25, 0.3) is 0 Å². The van der Waals surface area contributed by atoms with Crippen LogP contribution in [0, 0.1) is 17.3 Å². The summed E-state index contributed by atoms with van der Waals surface area (Å²) in [4.78, 5) is 16.1. The maximum Gasteiger partial charge on any atom is 0.387 e. The van der Waals surface area contributed by atoms with Crippen LogP contribution in [0.25, 0.3) is 11.0 Å². The average molecular weight is 458 g/mol. The van der Waals surface area contributed by atoms with Gasteiger partial charge in [0.05, 0.1) is 16.6 Å². The first kappa shape index (κ1) is 23.0. The summed E-state index contributed by atoms with van der Waals surface area (Å²) in [6.07, 6.45) is 3.42. The van der Waals surface area contributed by atoms with Crippen molar-refractivity contribution in [3.63, 3.8) is 0 Å². The quantitative estimate of drug-likeness (QED) is 0.421. The van der Waals surface area contributed by atoms with E-state index in [1.54, 1.807) is 30.3 Å². The zero-order valence-electron chi connectivity index (χ0n) is 19.0. The van der Waals surface area contributed by atoms with Crippen LogP contribution in [0.1, 0.15) is 50.4 Å². The molecule has 0 amide bonds. The number of hydrogen-bond donors (Lipinski definition) is 2. The molecule has 33 heavy (non-hydrogen) atoms.